The van der Waals surface area contributed by atoms with Gasteiger partial charge >= 0.3 is 0 Å². The Labute approximate surface area is 172 Å². The van der Waals surface area contributed by atoms with E-state index in [1.165, 1.54) is 18.4 Å². The molecule has 1 aliphatic rings. The fraction of sp³-hybridized carbons (Fsp3) is 0.524. The Balaban J connectivity index is 1.58. The van der Waals surface area contributed by atoms with Gasteiger partial charge in [-0.3, -0.25) is 9.89 Å². The quantitative estimate of drug-likeness (QED) is 0.526. The minimum Gasteiger partial charge on any atom is -0.497 e. The third kappa shape index (κ3) is 5.69. The summed E-state index contributed by atoms with van der Waals surface area (Å²) in [5.41, 5.74) is 2.42. The SMILES string of the molecule is CN=C(NCCc1csc(C)n1)NCC(c1cccc(OC)c1)N1CCCC1. The molecule has 0 saturated carbocycles. The zero-order chi connectivity index (χ0) is 19.8. The van der Waals surface area contributed by atoms with Crippen LogP contribution < -0.4 is 15.4 Å². The molecule has 1 aromatic heterocycles. The zero-order valence-electron chi connectivity index (χ0n) is 17.1. The van der Waals surface area contributed by atoms with Crippen molar-refractivity contribution in [1.82, 2.24) is 20.5 Å². The Morgan fingerprint density at radius 2 is 2.14 bits per heavy atom. The molecule has 0 aliphatic carbocycles. The summed E-state index contributed by atoms with van der Waals surface area (Å²) in [6.07, 6.45) is 3.43. The van der Waals surface area contributed by atoms with Gasteiger partial charge in [-0.05, 0) is 50.6 Å². The van der Waals surface area contributed by atoms with Crippen LogP contribution in [0.3, 0.4) is 0 Å². The molecular formula is C21H31N5OS. The first-order valence-electron chi connectivity index (χ1n) is 9.93. The molecule has 7 heteroatoms. The number of rotatable bonds is 8. The molecule has 0 amide bonds. The lowest BCUT2D eigenvalue weighted by Crippen LogP contribution is -2.43. The van der Waals surface area contributed by atoms with Crippen LogP contribution in [0, 0.1) is 6.92 Å². The Bertz CT molecular complexity index is 770. The molecule has 28 heavy (non-hydrogen) atoms. The number of ether oxygens (including phenoxy) is 1. The van der Waals surface area contributed by atoms with Crippen LogP contribution in [0.1, 0.15) is 35.1 Å². The number of aryl methyl sites for hydroxylation is 1. The Morgan fingerprint density at radius 3 is 2.82 bits per heavy atom. The second-order valence-corrected chi connectivity index (χ2v) is 8.09. The standard InChI is InChI=1S/C21H31N5OS/c1-16-25-18(15-28-16)9-10-23-21(22-2)24-14-20(26-11-4-5-12-26)17-7-6-8-19(13-17)27-3/h6-8,13,15,20H,4-5,9-12,14H2,1-3H3,(H2,22,23,24). The molecule has 0 bridgehead atoms. The molecule has 6 nitrogen and oxygen atoms in total. The largest absolute Gasteiger partial charge is 0.497 e. The number of thiazole rings is 1. The molecule has 1 aromatic carbocycles. The number of benzene rings is 1. The van der Waals surface area contributed by atoms with E-state index in [-0.39, 0.29) is 0 Å². The maximum Gasteiger partial charge on any atom is 0.191 e. The molecule has 0 radical (unpaired) electrons. The van der Waals surface area contributed by atoms with Gasteiger partial charge in [0, 0.05) is 31.9 Å². The van der Waals surface area contributed by atoms with E-state index < -0.39 is 0 Å². The lowest BCUT2D eigenvalue weighted by molar-refractivity contribution is 0.245. The molecule has 1 aliphatic heterocycles. The van der Waals surface area contributed by atoms with Crippen LogP contribution in [0.5, 0.6) is 5.75 Å². The highest BCUT2D eigenvalue weighted by atomic mass is 32.1. The average molecular weight is 402 g/mol. The first-order valence-corrected chi connectivity index (χ1v) is 10.8. The van der Waals surface area contributed by atoms with Gasteiger partial charge in [0.25, 0.3) is 0 Å². The highest BCUT2D eigenvalue weighted by Crippen LogP contribution is 2.27. The molecule has 1 unspecified atom stereocenters. The van der Waals surface area contributed by atoms with Crippen LogP contribution in [0.2, 0.25) is 0 Å². The van der Waals surface area contributed by atoms with Gasteiger partial charge in [-0.15, -0.1) is 11.3 Å². The summed E-state index contributed by atoms with van der Waals surface area (Å²) in [4.78, 5) is 11.4. The number of aliphatic imine (C=N–C) groups is 1. The highest BCUT2D eigenvalue weighted by Gasteiger charge is 2.24. The van der Waals surface area contributed by atoms with Gasteiger partial charge in [-0.2, -0.15) is 0 Å². The minimum atomic E-state index is 0.303. The van der Waals surface area contributed by atoms with Gasteiger partial charge in [0.05, 0.1) is 23.9 Å². The summed E-state index contributed by atoms with van der Waals surface area (Å²) >= 11 is 1.70. The summed E-state index contributed by atoms with van der Waals surface area (Å²) in [7, 11) is 3.54. The average Bonchev–Trinajstić information content (AvgIpc) is 3.39. The Hall–Kier alpha value is -2.12. The van der Waals surface area contributed by atoms with Crippen LogP contribution in [0.4, 0.5) is 0 Å². The van der Waals surface area contributed by atoms with Crippen molar-refractivity contribution in [3.8, 4) is 5.75 Å². The van der Waals surface area contributed by atoms with Crippen molar-refractivity contribution in [3.05, 3.63) is 45.9 Å². The minimum absolute atomic E-state index is 0.303. The van der Waals surface area contributed by atoms with E-state index in [1.54, 1.807) is 18.4 Å². The van der Waals surface area contributed by atoms with E-state index in [2.05, 4.69) is 49.1 Å². The number of hydrogen-bond donors (Lipinski definition) is 2. The lowest BCUT2D eigenvalue weighted by Gasteiger charge is -2.29. The van der Waals surface area contributed by atoms with E-state index in [9.17, 15) is 0 Å². The van der Waals surface area contributed by atoms with Crippen molar-refractivity contribution in [2.45, 2.75) is 32.2 Å². The predicted octanol–water partition coefficient (Wildman–Crippen LogP) is 3.00. The molecule has 1 atom stereocenters. The van der Waals surface area contributed by atoms with Crippen molar-refractivity contribution in [1.29, 1.82) is 0 Å². The van der Waals surface area contributed by atoms with Crippen molar-refractivity contribution < 1.29 is 4.74 Å². The van der Waals surface area contributed by atoms with Gasteiger partial charge < -0.3 is 15.4 Å². The van der Waals surface area contributed by atoms with Crippen molar-refractivity contribution in [2.24, 2.45) is 4.99 Å². The number of nitrogens with zero attached hydrogens (tertiary/aromatic N) is 3. The van der Waals surface area contributed by atoms with E-state index in [0.717, 1.165) is 55.0 Å². The predicted molar refractivity (Wildman–Crippen MR) is 116 cm³/mol. The zero-order valence-corrected chi connectivity index (χ0v) is 17.9. The van der Waals surface area contributed by atoms with Gasteiger partial charge in [0.1, 0.15) is 5.75 Å². The second-order valence-electron chi connectivity index (χ2n) is 7.02. The molecule has 3 rings (SSSR count). The molecule has 152 valence electrons. The Kier molecular flexibility index (Phi) is 7.68. The molecule has 2 aromatic rings. The molecule has 2 heterocycles. The molecule has 0 spiro atoms. The summed E-state index contributed by atoms with van der Waals surface area (Å²) in [5, 5.41) is 10.2. The van der Waals surface area contributed by atoms with Crippen LogP contribution >= 0.6 is 11.3 Å². The van der Waals surface area contributed by atoms with Gasteiger partial charge in [0.2, 0.25) is 0 Å². The summed E-state index contributed by atoms with van der Waals surface area (Å²) < 4.78 is 5.43. The van der Waals surface area contributed by atoms with Crippen LogP contribution in [0.25, 0.3) is 0 Å². The molecule has 1 fully saturated rings. The fourth-order valence-corrected chi connectivity index (χ4v) is 4.25. The van der Waals surface area contributed by atoms with Crippen LogP contribution in [0.15, 0.2) is 34.6 Å². The summed E-state index contributed by atoms with van der Waals surface area (Å²) in [6, 6.07) is 8.70. The maximum absolute atomic E-state index is 5.43. The number of aromatic nitrogens is 1. The summed E-state index contributed by atoms with van der Waals surface area (Å²) in [6.45, 7) is 5.94. The van der Waals surface area contributed by atoms with Crippen molar-refractivity contribution in [2.75, 3.05) is 40.3 Å². The fourth-order valence-electron chi connectivity index (χ4n) is 3.61. The monoisotopic (exact) mass is 401 g/mol. The van der Waals surface area contributed by atoms with Crippen LogP contribution in [-0.4, -0.2) is 56.2 Å². The third-order valence-electron chi connectivity index (χ3n) is 5.09. The smallest absolute Gasteiger partial charge is 0.191 e. The van der Waals surface area contributed by atoms with E-state index in [4.69, 9.17) is 4.74 Å². The molecule has 1 saturated heterocycles. The molecule has 2 N–H and O–H groups in total. The van der Waals surface area contributed by atoms with Gasteiger partial charge in [0.15, 0.2) is 5.96 Å². The topological polar surface area (TPSA) is 61.8 Å². The Morgan fingerprint density at radius 1 is 1.32 bits per heavy atom. The number of likely N-dealkylation sites (tertiary alicyclic amines) is 1. The first-order chi connectivity index (χ1) is 13.7. The van der Waals surface area contributed by atoms with Crippen LogP contribution in [-0.2, 0) is 6.42 Å². The van der Waals surface area contributed by atoms with Crippen molar-refractivity contribution in [3.63, 3.8) is 0 Å². The number of methoxy groups -OCH3 is 1. The van der Waals surface area contributed by atoms with E-state index >= 15 is 0 Å². The second kappa shape index (κ2) is 10.4. The highest BCUT2D eigenvalue weighted by molar-refractivity contribution is 7.09. The van der Waals surface area contributed by atoms with Gasteiger partial charge in [-0.25, -0.2) is 4.98 Å². The van der Waals surface area contributed by atoms with Crippen molar-refractivity contribution >= 4 is 17.3 Å². The normalized spacial score (nSPS) is 16.2. The number of nitrogens with one attached hydrogen (secondary N) is 2. The summed E-state index contributed by atoms with van der Waals surface area (Å²) in [5.74, 6) is 1.74. The number of hydrogen-bond acceptors (Lipinski definition) is 5. The lowest BCUT2D eigenvalue weighted by atomic mass is 10.1. The van der Waals surface area contributed by atoms with E-state index in [0.29, 0.717) is 6.04 Å². The van der Waals surface area contributed by atoms with Gasteiger partial charge in [-0.1, -0.05) is 12.1 Å². The third-order valence-corrected chi connectivity index (χ3v) is 5.91. The molecular weight excluding hydrogens is 370 g/mol. The first kappa shape index (κ1) is 20.6. The van der Waals surface area contributed by atoms with E-state index in [1.807, 2.05) is 20.0 Å². The maximum atomic E-state index is 5.43. The number of guanidine groups is 1.